The Morgan fingerprint density at radius 2 is 1.91 bits per heavy atom. The van der Waals surface area contributed by atoms with Crippen LogP contribution in [0.2, 0.25) is 0 Å². The van der Waals surface area contributed by atoms with E-state index >= 15 is 0 Å². The lowest BCUT2D eigenvalue weighted by Gasteiger charge is -2.09. The maximum atomic E-state index is 12.1. The molecule has 0 radical (unpaired) electrons. The van der Waals surface area contributed by atoms with Gasteiger partial charge in [0.2, 0.25) is 5.91 Å². The van der Waals surface area contributed by atoms with Gasteiger partial charge in [-0.05, 0) is 37.7 Å². The molecule has 1 heterocycles. The number of nitrogens with zero attached hydrogens (tertiary/aromatic N) is 1. The van der Waals surface area contributed by atoms with E-state index in [-0.39, 0.29) is 5.91 Å². The number of nitriles is 1. The van der Waals surface area contributed by atoms with Gasteiger partial charge in [0.05, 0.1) is 5.56 Å². The molecule has 4 heteroatoms. The van der Waals surface area contributed by atoms with E-state index in [1.807, 2.05) is 0 Å². The van der Waals surface area contributed by atoms with Crippen LogP contribution in [0.3, 0.4) is 0 Å². The van der Waals surface area contributed by atoms with E-state index in [4.69, 9.17) is 0 Å². The standard InChI is InChI=1S/C18H26N2OS/c1-2-3-4-5-6-7-12-17(21)20-18-15(13-19)14-10-8-9-11-16(14)22-18/h2-12H2,1H3,(H,20,21). The molecule has 0 fully saturated rings. The molecule has 22 heavy (non-hydrogen) atoms. The number of carbonyl (C=O) groups is 1. The van der Waals surface area contributed by atoms with Crippen LogP contribution in [0, 0.1) is 11.3 Å². The second-order valence-electron chi connectivity index (χ2n) is 6.09. The highest BCUT2D eigenvalue weighted by Gasteiger charge is 2.21. The Labute approximate surface area is 137 Å². The van der Waals surface area contributed by atoms with Crippen LogP contribution in [-0.2, 0) is 17.6 Å². The van der Waals surface area contributed by atoms with Gasteiger partial charge in [0.15, 0.2) is 0 Å². The number of hydrogen-bond acceptors (Lipinski definition) is 3. The van der Waals surface area contributed by atoms with Crippen LogP contribution in [-0.4, -0.2) is 5.91 Å². The third kappa shape index (κ3) is 4.58. The summed E-state index contributed by atoms with van der Waals surface area (Å²) < 4.78 is 0. The zero-order chi connectivity index (χ0) is 15.8. The SMILES string of the molecule is CCCCCCCCC(=O)Nc1sc2c(c1C#N)CCCC2. The minimum absolute atomic E-state index is 0.0607. The van der Waals surface area contributed by atoms with Crippen molar-refractivity contribution in [3.05, 3.63) is 16.0 Å². The van der Waals surface area contributed by atoms with Crippen molar-refractivity contribution in [3.63, 3.8) is 0 Å². The first-order valence-corrected chi connectivity index (χ1v) is 9.42. The first-order chi connectivity index (χ1) is 10.8. The third-order valence-electron chi connectivity index (χ3n) is 4.29. The molecule has 0 spiro atoms. The average Bonchev–Trinajstić information content (AvgIpc) is 2.87. The molecular formula is C18H26N2OS. The molecule has 0 bridgehead atoms. The van der Waals surface area contributed by atoms with Crippen LogP contribution in [0.25, 0.3) is 0 Å². The minimum Gasteiger partial charge on any atom is -0.317 e. The summed E-state index contributed by atoms with van der Waals surface area (Å²) in [6.45, 7) is 2.21. The highest BCUT2D eigenvalue weighted by Crippen LogP contribution is 2.37. The molecule has 0 saturated heterocycles. The van der Waals surface area contributed by atoms with Crippen LogP contribution >= 0.6 is 11.3 Å². The van der Waals surface area contributed by atoms with E-state index in [0.717, 1.165) is 42.7 Å². The summed E-state index contributed by atoms with van der Waals surface area (Å²) in [5.41, 5.74) is 1.91. The van der Waals surface area contributed by atoms with Gasteiger partial charge >= 0.3 is 0 Å². The summed E-state index contributed by atoms with van der Waals surface area (Å²) >= 11 is 1.61. The molecule has 0 aliphatic heterocycles. The summed E-state index contributed by atoms with van der Waals surface area (Å²) in [6, 6.07) is 2.30. The topological polar surface area (TPSA) is 52.9 Å². The normalized spacial score (nSPS) is 13.5. The molecule has 3 nitrogen and oxygen atoms in total. The van der Waals surface area contributed by atoms with E-state index < -0.39 is 0 Å². The van der Waals surface area contributed by atoms with E-state index in [0.29, 0.717) is 6.42 Å². The van der Waals surface area contributed by atoms with Gasteiger partial charge < -0.3 is 5.32 Å². The van der Waals surface area contributed by atoms with Gasteiger partial charge in [0.25, 0.3) is 0 Å². The summed E-state index contributed by atoms with van der Waals surface area (Å²) in [5, 5.41) is 13.1. The number of anilines is 1. The molecule has 1 aliphatic rings. The number of carbonyl (C=O) groups excluding carboxylic acids is 1. The summed E-state index contributed by atoms with van der Waals surface area (Å²) in [7, 11) is 0. The fourth-order valence-corrected chi connectivity index (χ4v) is 4.28. The van der Waals surface area contributed by atoms with Gasteiger partial charge in [0.1, 0.15) is 11.1 Å². The van der Waals surface area contributed by atoms with Crippen LogP contribution in [0.5, 0.6) is 0 Å². The lowest BCUT2D eigenvalue weighted by atomic mass is 9.96. The van der Waals surface area contributed by atoms with E-state index in [2.05, 4.69) is 18.3 Å². The van der Waals surface area contributed by atoms with Gasteiger partial charge in [-0.15, -0.1) is 11.3 Å². The lowest BCUT2D eigenvalue weighted by molar-refractivity contribution is -0.116. The van der Waals surface area contributed by atoms with Crippen molar-refractivity contribution in [2.75, 3.05) is 5.32 Å². The smallest absolute Gasteiger partial charge is 0.225 e. The lowest BCUT2D eigenvalue weighted by Crippen LogP contribution is -2.11. The van der Waals surface area contributed by atoms with Crippen LogP contribution in [0.1, 0.15) is 80.7 Å². The molecule has 1 aromatic heterocycles. The number of unbranched alkanes of at least 4 members (excludes halogenated alkanes) is 5. The Hall–Kier alpha value is -1.34. The summed E-state index contributed by atoms with van der Waals surface area (Å²) in [5.74, 6) is 0.0607. The molecule has 2 rings (SSSR count). The van der Waals surface area contributed by atoms with E-state index in [1.165, 1.54) is 42.5 Å². The maximum absolute atomic E-state index is 12.1. The number of nitrogens with one attached hydrogen (secondary N) is 1. The molecule has 1 N–H and O–H groups in total. The number of thiophene rings is 1. The third-order valence-corrected chi connectivity index (χ3v) is 5.50. The molecular weight excluding hydrogens is 292 g/mol. The molecule has 1 amide bonds. The predicted molar refractivity (Wildman–Crippen MR) is 92.3 cm³/mol. The molecule has 0 unspecified atom stereocenters. The van der Waals surface area contributed by atoms with Crippen molar-refractivity contribution in [2.45, 2.75) is 77.6 Å². The maximum Gasteiger partial charge on any atom is 0.225 e. The van der Waals surface area contributed by atoms with E-state index in [1.54, 1.807) is 11.3 Å². The predicted octanol–water partition coefficient (Wildman–Crippen LogP) is 5.19. The van der Waals surface area contributed by atoms with Gasteiger partial charge in [-0.2, -0.15) is 5.26 Å². The number of rotatable bonds is 8. The Morgan fingerprint density at radius 3 is 2.68 bits per heavy atom. The Morgan fingerprint density at radius 1 is 1.18 bits per heavy atom. The molecule has 0 saturated carbocycles. The Bertz CT molecular complexity index is 542. The molecule has 120 valence electrons. The molecule has 0 aromatic carbocycles. The highest BCUT2D eigenvalue weighted by molar-refractivity contribution is 7.16. The van der Waals surface area contributed by atoms with Crippen molar-refractivity contribution >= 4 is 22.2 Å². The quantitative estimate of drug-likeness (QED) is 0.671. The zero-order valence-corrected chi connectivity index (χ0v) is 14.4. The largest absolute Gasteiger partial charge is 0.317 e. The number of aryl methyl sites for hydroxylation is 1. The first kappa shape index (κ1) is 17.0. The monoisotopic (exact) mass is 318 g/mol. The van der Waals surface area contributed by atoms with Crippen LogP contribution in [0.4, 0.5) is 5.00 Å². The first-order valence-electron chi connectivity index (χ1n) is 8.60. The number of amides is 1. The van der Waals surface area contributed by atoms with E-state index in [9.17, 15) is 10.1 Å². The fraction of sp³-hybridized carbons (Fsp3) is 0.667. The highest BCUT2D eigenvalue weighted by atomic mass is 32.1. The fourth-order valence-electron chi connectivity index (χ4n) is 3.03. The summed E-state index contributed by atoms with van der Waals surface area (Å²) in [4.78, 5) is 13.4. The Balaban J connectivity index is 1.82. The van der Waals surface area contributed by atoms with Crippen molar-refractivity contribution in [1.29, 1.82) is 5.26 Å². The minimum atomic E-state index is 0.0607. The van der Waals surface area contributed by atoms with Crippen LogP contribution in [0.15, 0.2) is 0 Å². The van der Waals surface area contributed by atoms with Gasteiger partial charge in [-0.1, -0.05) is 39.0 Å². The van der Waals surface area contributed by atoms with Gasteiger partial charge in [-0.25, -0.2) is 0 Å². The van der Waals surface area contributed by atoms with Gasteiger partial charge in [0, 0.05) is 11.3 Å². The van der Waals surface area contributed by atoms with Crippen molar-refractivity contribution in [1.82, 2.24) is 0 Å². The second kappa shape index (κ2) is 8.95. The average molecular weight is 318 g/mol. The van der Waals surface area contributed by atoms with Crippen molar-refractivity contribution in [2.24, 2.45) is 0 Å². The molecule has 0 atom stereocenters. The molecule has 1 aliphatic carbocycles. The second-order valence-corrected chi connectivity index (χ2v) is 7.20. The van der Waals surface area contributed by atoms with Crippen LogP contribution < -0.4 is 5.32 Å². The zero-order valence-electron chi connectivity index (χ0n) is 13.5. The number of hydrogen-bond donors (Lipinski definition) is 1. The molecule has 1 aromatic rings. The number of fused-ring (bicyclic) bond motifs is 1. The van der Waals surface area contributed by atoms with Crippen molar-refractivity contribution < 1.29 is 4.79 Å². The van der Waals surface area contributed by atoms with Gasteiger partial charge in [-0.3, -0.25) is 4.79 Å². The summed E-state index contributed by atoms with van der Waals surface area (Å²) in [6.07, 6.45) is 12.1. The van der Waals surface area contributed by atoms with Crippen molar-refractivity contribution in [3.8, 4) is 6.07 Å². The Kier molecular flexibility index (Phi) is 6.92.